The second-order valence-corrected chi connectivity index (χ2v) is 6.95. The van der Waals surface area contributed by atoms with Gasteiger partial charge in [-0.15, -0.1) is 0 Å². The zero-order chi connectivity index (χ0) is 16.7. The van der Waals surface area contributed by atoms with Crippen molar-refractivity contribution in [3.63, 3.8) is 0 Å². The van der Waals surface area contributed by atoms with Gasteiger partial charge in [-0.3, -0.25) is 14.7 Å². The normalized spacial score (nSPS) is 18.2. The van der Waals surface area contributed by atoms with Gasteiger partial charge in [0, 0.05) is 17.1 Å². The molecule has 4 rings (SSSR count). The summed E-state index contributed by atoms with van der Waals surface area (Å²) in [5.41, 5.74) is 2.76. The van der Waals surface area contributed by atoms with Gasteiger partial charge in [-0.05, 0) is 42.5 Å². The Bertz CT molecular complexity index is 822. The first-order chi connectivity index (χ1) is 11.6. The Morgan fingerprint density at radius 2 is 1.79 bits per heavy atom. The van der Waals surface area contributed by atoms with Gasteiger partial charge >= 0.3 is 0 Å². The molecule has 1 heterocycles. The van der Waals surface area contributed by atoms with E-state index in [-0.39, 0.29) is 5.91 Å². The standard InChI is InChI=1S/C20H19ClN2O/c1-2-12-23-18(22-20(10-11-20)19(23)24)15-8-6-14(7-9-15)16-4-3-5-17(21)13-16/h3-9,13H,2,10-12H2,1H3. The Kier molecular flexibility index (Phi) is 3.69. The number of carbonyl (C=O) groups is 1. The summed E-state index contributed by atoms with van der Waals surface area (Å²) in [7, 11) is 0. The number of carbonyl (C=O) groups excluding carboxylic acids is 1. The SMILES string of the molecule is CCCN1C(=O)C2(CC2)N=C1c1ccc(-c2cccc(Cl)c2)cc1. The molecule has 0 radical (unpaired) electrons. The predicted molar refractivity (Wildman–Crippen MR) is 97.4 cm³/mol. The van der Waals surface area contributed by atoms with Crippen LogP contribution >= 0.6 is 11.6 Å². The molecule has 122 valence electrons. The van der Waals surface area contributed by atoms with Crippen LogP contribution in [0.5, 0.6) is 0 Å². The predicted octanol–water partition coefficient (Wildman–Crippen LogP) is 4.54. The molecule has 1 spiro atoms. The molecule has 2 aromatic rings. The zero-order valence-corrected chi connectivity index (χ0v) is 14.4. The smallest absolute Gasteiger partial charge is 0.256 e. The highest BCUT2D eigenvalue weighted by Crippen LogP contribution is 2.46. The summed E-state index contributed by atoms with van der Waals surface area (Å²) in [6.45, 7) is 2.82. The Balaban J connectivity index is 1.66. The number of aliphatic imine (C=N–C) groups is 1. The highest BCUT2D eigenvalue weighted by Gasteiger charge is 2.57. The van der Waals surface area contributed by atoms with Gasteiger partial charge in [0.2, 0.25) is 0 Å². The van der Waals surface area contributed by atoms with Crippen molar-refractivity contribution in [2.24, 2.45) is 4.99 Å². The lowest BCUT2D eigenvalue weighted by Gasteiger charge is -2.18. The van der Waals surface area contributed by atoms with Crippen LogP contribution in [0.25, 0.3) is 11.1 Å². The van der Waals surface area contributed by atoms with Gasteiger partial charge in [-0.1, -0.05) is 54.9 Å². The van der Waals surface area contributed by atoms with Crippen LogP contribution in [-0.2, 0) is 4.79 Å². The zero-order valence-electron chi connectivity index (χ0n) is 13.6. The minimum atomic E-state index is -0.434. The van der Waals surface area contributed by atoms with Gasteiger partial charge in [0.05, 0.1) is 0 Å². The summed E-state index contributed by atoms with van der Waals surface area (Å²) in [6, 6.07) is 16.0. The van der Waals surface area contributed by atoms with E-state index in [0.717, 1.165) is 53.4 Å². The average molecular weight is 339 g/mol. The molecule has 2 aliphatic rings. The Morgan fingerprint density at radius 1 is 1.08 bits per heavy atom. The van der Waals surface area contributed by atoms with Gasteiger partial charge in [0.25, 0.3) is 5.91 Å². The van der Waals surface area contributed by atoms with Gasteiger partial charge in [0.15, 0.2) is 0 Å². The lowest BCUT2D eigenvalue weighted by Crippen LogP contribution is -2.36. The fourth-order valence-corrected chi connectivity index (χ4v) is 3.42. The van der Waals surface area contributed by atoms with Crippen molar-refractivity contribution < 1.29 is 4.79 Å². The second-order valence-electron chi connectivity index (χ2n) is 6.51. The molecule has 3 nitrogen and oxygen atoms in total. The highest BCUT2D eigenvalue weighted by molar-refractivity contribution is 6.30. The number of nitrogens with zero attached hydrogens (tertiary/aromatic N) is 2. The Labute approximate surface area is 147 Å². The van der Waals surface area contributed by atoms with Crippen LogP contribution in [0.3, 0.4) is 0 Å². The molecule has 0 aromatic heterocycles. The molecule has 1 saturated carbocycles. The molecule has 0 N–H and O–H groups in total. The second kappa shape index (κ2) is 5.75. The number of amides is 1. The van der Waals surface area contributed by atoms with Gasteiger partial charge < -0.3 is 0 Å². The molecule has 0 unspecified atom stereocenters. The van der Waals surface area contributed by atoms with Crippen LogP contribution in [-0.4, -0.2) is 28.7 Å². The summed E-state index contributed by atoms with van der Waals surface area (Å²) in [5, 5.41) is 0.729. The largest absolute Gasteiger partial charge is 0.294 e. The molecule has 1 aliphatic carbocycles. The Morgan fingerprint density at radius 3 is 2.42 bits per heavy atom. The van der Waals surface area contributed by atoms with Crippen LogP contribution in [0.2, 0.25) is 5.02 Å². The third-order valence-corrected chi connectivity index (χ3v) is 4.93. The number of hydrogen-bond acceptors (Lipinski definition) is 2. The van der Waals surface area contributed by atoms with Crippen molar-refractivity contribution in [1.29, 1.82) is 0 Å². The molecular weight excluding hydrogens is 320 g/mol. The van der Waals surface area contributed by atoms with Crippen molar-refractivity contribution in [3.05, 3.63) is 59.1 Å². The van der Waals surface area contributed by atoms with E-state index in [0.29, 0.717) is 0 Å². The third-order valence-electron chi connectivity index (χ3n) is 4.69. The van der Waals surface area contributed by atoms with Gasteiger partial charge in [0.1, 0.15) is 11.4 Å². The van der Waals surface area contributed by atoms with Crippen LogP contribution in [0.1, 0.15) is 31.7 Å². The van der Waals surface area contributed by atoms with Crippen LogP contribution in [0.15, 0.2) is 53.5 Å². The summed E-state index contributed by atoms with van der Waals surface area (Å²) in [6.07, 6.45) is 2.70. The maximum Gasteiger partial charge on any atom is 0.256 e. The Hall–Kier alpha value is -2.13. The van der Waals surface area contributed by atoms with E-state index in [1.807, 2.05) is 41.3 Å². The highest BCUT2D eigenvalue weighted by atomic mass is 35.5. The lowest BCUT2D eigenvalue weighted by atomic mass is 10.0. The number of benzene rings is 2. The number of hydrogen-bond donors (Lipinski definition) is 0. The van der Waals surface area contributed by atoms with E-state index >= 15 is 0 Å². The summed E-state index contributed by atoms with van der Waals surface area (Å²) in [4.78, 5) is 19.2. The minimum absolute atomic E-state index is 0.179. The summed E-state index contributed by atoms with van der Waals surface area (Å²) < 4.78 is 0. The lowest BCUT2D eigenvalue weighted by molar-refractivity contribution is -0.128. The molecule has 0 saturated heterocycles. The number of rotatable bonds is 4. The van der Waals surface area contributed by atoms with E-state index in [9.17, 15) is 4.79 Å². The molecular formula is C20H19ClN2O. The first-order valence-electron chi connectivity index (χ1n) is 8.41. The van der Waals surface area contributed by atoms with Crippen molar-refractivity contribution in [3.8, 4) is 11.1 Å². The van der Waals surface area contributed by atoms with Crippen molar-refractivity contribution in [2.75, 3.05) is 6.54 Å². The monoisotopic (exact) mass is 338 g/mol. The molecule has 4 heteroatoms. The topological polar surface area (TPSA) is 32.7 Å². The molecule has 1 amide bonds. The molecule has 0 atom stereocenters. The first-order valence-corrected chi connectivity index (χ1v) is 8.79. The van der Waals surface area contributed by atoms with E-state index in [1.54, 1.807) is 0 Å². The van der Waals surface area contributed by atoms with Crippen LogP contribution in [0.4, 0.5) is 0 Å². The maximum absolute atomic E-state index is 12.6. The maximum atomic E-state index is 12.6. The van der Waals surface area contributed by atoms with E-state index in [4.69, 9.17) is 16.6 Å². The van der Waals surface area contributed by atoms with E-state index < -0.39 is 5.54 Å². The number of amidine groups is 1. The van der Waals surface area contributed by atoms with Crippen LogP contribution in [0, 0.1) is 0 Å². The minimum Gasteiger partial charge on any atom is -0.294 e. The molecule has 1 fully saturated rings. The third kappa shape index (κ3) is 2.53. The number of halogens is 1. The van der Waals surface area contributed by atoms with Crippen molar-refractivity contribution in [2.45, 2.75) is 31.7 Å². The average Bonchev–Trinajstić information content (AvgIpc) is 3.33. The van der Waals surface area contributed by atoms with E-state index in [2.05, 4.69) is 19.1 Å². The van der Waals surface area contributed by atoms with Gasteiger partial charge in [-0.25, -0.2) is 0 Å². The van der Waals surface area contributed by atoms with Crippen LogP contribution < -0.4 is 0 Å². The fourth-order valence-electron chi connectivity index (χ4n) is 3.23. The van der Waals surface area contributed by atoms with Crippen molar-refractivity contribution in [1.82, 2.24) is 4.90 Å². The molecule has 1 aliphatic heterocycles. The molecule has 0 bridgehead atoms. The van der Waals surface area contributed by atoms with Gasteiger partial charge in [-0.2, -0.15) is 0 Å². The quantitative estimate of drug-likeness (QED) is 0.805. The molecule has 24 heavy (non-hydrogen) atoms. The first kappa shape index (κ1) is 15.4. The fraction of sp³-hybridized carbons (Fsp3) is 0.300. The van der Waals surface area contributed by atoms with E-state index in [1.165, 1.54) is 0 Å². The summed E-state index contributed by atoms with van der Waals surface area (Å²) >= 11 is 6.07. The molecule has 2 aromatic carbocycles. The van der Waals surface area contributed by atoms with Crippen molar-refractivity contribution >= 4 is 23.3 Å². The summed E-state index contributed by atoms with van der Waals surface area (Å²) in [5.74, 6) is 1.01.